The fourth-order valence-electron chi connectivity index (χ4n) is 1.18. The van der Waals surface area contributed by atoms with Crippen molar-refractivity contribution in [3.05, 3.63) is 0 Å². The smallest absolute Gasteiger partial charge is 0.278 e. The molecule has 0 aromatic heterocycles. The third-order valence-electron chi connectivity index (χ3n) is 1.98. The van der Waals surface area contributed by atoms with E-state index < -0.39 is 36.8 Å². The highest BCUT2D eigenvalue weighted by atomic mass is 19.3. The standard InChI is InChI=1S/C6H10F2O4/c7-6(8)1-2(9)3(10)4(11)5(6)12/h2-5,9-12H,1H2/t2-,3-,4-,5+/m0/s1. The van der Waals surface area contributed by atoms with E-state index in [9.17, 15) is 8.78 Å². The molecule has 4 atom stereocenters. The molecule has 4 nitrogen and oxygen atoms in total. The predicted molar refractivity (Wildman–Crippen MR) is 33.6 cm³/mol. The Morgan fingerprint density at radius 1 is 1.00 bits per heavy atom. The van der Waals surface area contributed by atoms with E-state index in [-0.39, 0.29) is 0 Å². The summed E-state index contributed by atoms with van der Waals surface area (Å²) in [7, 11) is 0. The Bertz CT molecular complexity index is 175. The Morgan fingerprint density at radius 3 is 2.00 bits per heavy atom. The average molecular weight is 184 g/mol. The zero-order chi connectivity index (χ0) is 9.52. The summed E-state index contributed by atoms with van der Waals surface area (Å²) in [6.07, 6.45) is -8.75. The second-order valence-electron chi connectivity index (χ2n) is 2.96. The number of alkyl halides is 2. The number of halogens is 2. The molecule has 0 aromatic carbocycles. The van der Waals surface area contributed by atoms with E-state index in [1.807, 2.05) is 0 Å². The molecule has 1 saturated carbocycles. The Morgan fingerprint density at radius 2 is 1.50 bits per heavy atom. The third-order valence-corrected chi connectivity index (χ3v) is 1.98. The molecule has 0 saturated heterocycles. The zero-order valence-corrected chi connectivity index (χ0v) is 6.06. The van der Waals surface area contributed by atoms with E-state index in [0.717, 1.165) is 0 Å². The largest absolute Gasteiger partial charge is 0.390 e. The summed E-state index contributed by atoms with van der Waals surface area (Å²) in [5, 5.41) is 35.2. The molecule has 0 aromatic rings. The monoisotopic (exact) mass is 184 g/mol. The van der Waals surface area contributed by atoms with Crippen molar-refractivity contribution in [3.63, 3.8) is 0 Å². The molecule has 1 aliphatic rings. The van der Waals surface area contributed by atoms with Crippen LogP contribution in [-0.2, 0) is 0 Å². The minimum absolute atomic E-state index is 1.04. The third kappa shape index (κ3) is 1.42. The number of aliphatic hydroxyl groups excluding tert-OH is 4. The average Bonchev–Trinajstić information content (AvgIpc) is 1.97. The van der Waals surface area contributed by atoms with Crippen molar-refractivity contribution in [2.75, 3.05) is 0 Å². The second kappa shape index (κ2) is 2.88. The van der Waals surface area contributed by atoms with Crippen LogP contribution in [0.3, 0.4) is 0 Å². The van der Waals surface area contributed by atoms with Crippen LogP contribution in [0.2, 0.25) is 0 Å². The number of aliphatic hydroxyl groups is 4. The van der Waals surface area contributed by atoms with Crippen LogP contribution in [0.5, 0.6) is 0 Å². The topological polar surface area (TPSA) is 80.9 Å². The van der Waals surface area contributed by atoms with Crippen LogP contribution in [0.4, 0.5) is 8.78 Å². The lowest BCUT2D eigenvalue weighted by molar-refractivity contribution is -0.236. The van der Waals surface area contributed by atoms with Crippen molar-refractivity contribution < 1.29 is 29.2 Å². The van der Waals surface area contributed by atoms with E-state index in [2.05, 4.69) is 0 Å². The highest BCUT2D eigenvalue weighted by Crippen LogP contribution is 2.33. The lowest BCUT2D eigenvalue weighted by Crippen LogP contribution is -2.59. The maximum absolute atomic E-state index is 12.6. The molecule has 1 fully saturated rings. The van der Waals surface area contributed by atoms with Crippen LogP contribution in [0.1, 0.15) is 6.42 Å². The summed E-state index contributed by atoms with van der Waals surface area (Å²) in [5.41, 5.74) is 0. The van der Waals surface area contributed by atoms with Crippen molar-refractivity contribution in [1.29, 1.82) is 0 Å². The van der Waals surface area contributed by atoms with E-state index in [4.69, 9.17) is 20.4 Å². The molecule has 0 heterocycles. The molecule has 0 unspecified atom stereocenters. The SMILES string of the molecule is O[C@@H]1[C@H](O)[C@@H](O)C(F)(F)C[C@@H]1O. The highest BCUT2D eigenvalue weighted by Gasteiger charge is 2.53. The first kappa shape index (κ1) is 9.79. The Labute approximate surface area is 67.1 Å². The van der Waals surface area contributed by atoms with Gasteiger partial charge in [-0.1, -0.05) is 0 Å². The van der Waals surface area contributed by atoms with Crippen molar-refractivity contribution in [2.24, 2.45) is 0 Å². The van der Waals surface area contributed by atoms with Crippen molar-refractivity contribution >= 4 is 0 Å². The van der Waals surface area contributed by atoms with Gasteiger partial charge in [0.2, 0.25) is 0 Å². The summed E-state index contributed by atoms with van der Waals surface area (Å²) >= 11 is 0. The number of hydrogen-bond donors (Lipinski definition) is 4. The van der Waals surface area contributed by atoms with Gasteiger partial charge in [-0.25, -0.2) is 8.78 Å². The molecular formula is C6H10F2O4. The highest BCUT2D eigenvalue weighted by molar-refractivity contribution is 4.97. The predicted octanol–water partition coefficient (Wildman–Crippen LogP) is -1.53. The Hall–Kier alpha value is -0.300. The van der Waals surface area contributed by atoms with Crippen molar-refractivity contribution in [1.82, 2.24) is 0 Å². The van der Waals surface area contributed by atoms with Gasteiger partial charge in [-0.3, -0.25) is 0 Å². The normalized spacial score (nSPS) is 47.5. The Balaban J connectivity index is 2.78. The van der Waals surface area contributed by atoms with Crippen LogP contribution >= 0.6 is 0 Å². The molecule has 6 heteroatoms. The second-order valence-corrected chi connectivity index (χ2v) is 2.96. The summed E-state index contributed by atoms with van der Waals surface area (Å²) in [6.45, 7) is 0. The van der Waals surface area contributed by atoms with Crippen LogP contribution in [-0.4, -0.2) is 50.8 Å². The van der Waals surface area contributed by atoms with Gasteiger partial charge in [0, 0.05) is 6.42 Å². The maximum Gasteiger partial charge on any atom is 0.278 e. The first-order chi connectivity index (χ1) is 5.36. The first-order valence-corrected chi connectivity index (χ1v) is 3.46. The molecule has 0 radical (unpaired) electrons. The summed E-state index contributed by atoms with van der Waals surface area (Å²) in [6, 6.07) is 0. The zero-order valence-electron chi connectivity index (χ0n) is 6.06. The molecule has 0 amide bonds. The van der Waals surface area contributed by atoms with Crippen LogP contribution in [0.15, 0.2) is 0 Å². The van der Waals surface area contributed by atoms with Gasteiger partial charge in [-0.05, 0) is 0 Å². The van der Waals surface area contributed by atoms with Gasteiger partial charge in [0.15, 0.2) is 0 Å². The molecular weight excluding hydrogens is 174 g/mol. The fourth-order valence-corrected chi connectivity index (χ4v) is 1.18. The Kier molecular flexibility index (Phi) is 2.35. The number of hydrogen-bond acceptors (Lipinski definition) is 4. The van der Waals surface area contributed by atoms with Gasteiger partial charge in [-0.15, -0.1) is 0 Å². The fraction of sp³-hybridized carbons (Fsp3) is 1.00. The van der Waals surface area contributed by atoms with Crippen LogP contribution in [0.25, 0.3) is 0 Å². The summed E-state index contributed by atoms with van der Waals surface area (Å²) in [5.74, 6) is -3.54. The molecule has 4 N–H and O–H groups in total. The summed E-state index contributed by atoms with van der Waals surface area (Å²) < 4.78 is 25.2. The first-order valence-electron chi connectivity index (χ1n) is 3.46. The van der Waals surface area contributed by atoms with Crippen molar-refractivity contribution in [2.45, 2.75) is 36.8 Å². The van der Waals surface area contributed by atoms with Crippen LogP contribution < -0.4 is 0 Å². The van der Waals surface area contributed by atoms with Crippen molar-refractivity contribution in [3.8, 4) is 0 Å². The van der Waals surface area contributed by atoms with Crippen LogP contribution in [0, 0.1) is 0 Å². The quantitative estimate of drug-likeness (QED) is 0.368. The van der Waals surface area contributed by atoms with Gasteiger partial charge in [0.25, 0.3) is 5.92 Å². The lowest BCUT2D eigenvalue weighted by Gasteiger charge is -2.37. The molecule has 0 bridgehead atoms. The molecule has 1 aliphatic carbocycles. The molecule has 1 rings (SSSR count). The maximum atomic E-state index is 12.6. The number of rotatable bonds is 0. The minimum Gasteiger partial charge on any atom is -0.390 e. The van der Waals surface area contributed by atoms with Gasteiger partial charge in [0.05, 0.1) is 6.10 Å². The molecule has 12 heavy (non-hydrogen) atoms. The summed E-state index contributed by atoms with van der Waals surface area (Å²) in [4.78, 5) is 0. The van der Waals surface area contributed by atoms with E-state index in [0.29, 0.717) is 0 Å². The van der Waals surface area contributed by atoms with E-state index in [1.165, 1.54) is 0 Å². The lowest BCUT2D eigenvalue weighted by atomic mass is 9.87. The minimum atomic E-state index is -3.54. The van der Waals surface area contributed by atoms with Gasteiger partial charge in [0.1, 0.15) is 18.3 Å². The molecule has 72 valence electrons. The molecule has 0 spiro atoms. The van der Waals surface area contributed by atoms with E-state index in [1.54, 1.807) is 0 Å². The van der Waals surface area contributed by atoms with Gasteiger partial charge in [-0.2, -0.15) is 0 Å². The van der Waals surface area contributed by atoms with E-state index >= 15 is 0 Å². The van der Waals surface area contributed by atoms with Gasteiger partial charge < -0.3 is 20.4 Å². The molecule has 0 aliphatic heterocycles. The van der Waals surface area contributed by atoms with Gasteiger partial charge >= 0.3 is 0 Å².